The van der Waals surface area contributed by atoms with Crippen LogP contribution in [-0.2, 0) is 11.3 Å². The van der Waals surface area contributed by atoms with Gasteiger partial charge in [-0.1, -0.05) is 31.5 Å². The number of rotatable bonds is 5. The molecule has 1 aliphatic rings. The minimum Gasteiger partial charge on any atom is -0.378 e. The molecule has 1 aromatic carbocycles. The van der Waals surface area contributed by atoms with Crippen molar-refractivity contribution in [2.75, 3.05) is 6.61 Å². The summed E-state index contributed by atoms with van der Waals surface area (Å²) in [6.07, 6.45) is 1.33. The van der Waals surface area contributed by atoms with E-state index < -0.39 is 0 Å². The van der Waals surface area contributed by atoms with Gasteiger partial charge in [0.25, 0.3) is 0 Å². The first-order chi connectivity index (χ1) is 8.95. The van der Waals surface area contributed by atoms with Crippen LogP contribution in [0.15, 0.2) is 18.2 Å². The van der Waals surface area contributed by atoms with Crippen LogP contribution in [-0.4, -0.2) is 18.8 Å². The topological polar surface area (TPSA) is 21.3 Å². The van der Waals surface area contributed by atoms with Gasteiger partial charge in [-0.15, -0.1) is 0 Å². The van der Waals surface area contributed by atoms with E-state index in [2.05, 4.69) is 19.2 Å². The third-order valence-electron chi connectivity index (χ3n) is 4.10. The molecule has 0 aromatic heterocycles. The molecule has 2 nitrogen and oxygen atoms in total. The van der Waals surface area contributed by atoms with E-state index in [1.54, 1.807) is 6.07 Å². The van der Waals surface area contributed by atoms with Crippen LogP contribution in [0.3, 0.4) is 0 Å². The van der Waals surface area contributed by atoms with Gasteiger partial charge in [0, 0.05) is 29.6 Å². The highest BCUT2D eigenvalue weighted by atomic mass is 35.5. The molecule has 19 heavy (non-hydrogen) atoms. The van der Waals surface area contributed by atoms with Crippen molar-refractivity contribution in [3.05, 3.63) is 34.6 Å². The van der Waals surface area contributed by atoms with Crippen molar-refractivity contribution in [1.82, 2.24) is 5.32 Å². The molecule has 2 atom stereocenters. The molecule has 106 valence electrons. The molecule has 1 aliphatic carbocycles. The molecule has 0 aliphatic heterocycles. The maximum Gasteiger partial charge on any atom is 0.124 e. The van der Waals surface area contributed by atoms with E-state index in [0.29, 0.717) is 23.7 Å². The van der Waals surface area contributed by atoms with E-state index in [-0.39, 0.29) is 11.2 Å². The third kappa shape index (κ3) is 3.10. The van der Waals surface area contributed by atoms with E-state index >= 15 is 0 Å². The molecular weight excluding hydrogens is 265 g/mol. The van der Waals surface area contributed by atoms with E-state index in [0.717, 1.165) is 18.6 Å². The molecule has 1 aromatic rings. The highest BCUT2D eigenvalue weighted by molar-refractivity contribution is 6.31. The molecule has 4 heteroatoms. The summed E-state index contributed by atoms with van der Waals surface area (Å²) in [5, 5.41) is 3.97. The van der Waals surface area contributed by atoms with Gasteiger partial charge in [0.2, 0.25) is 0 Å². The molecule has 0 saturated heterocycles. The van der Waals surface area contributed by atoms with E-state index in [1.807, 2.05) is 6.92 Å². The van der Waals surface area contributed by atoms with Gasteiger partial charge < -0.3 is 10.1 Å². The van der Waals surface area contributed by atoms with Gasteiger partial charge in [-0.3, -0.25) is 0 Å². The number of halogens is 2. The van der Waals surface area contributed by atoms with Gasteiger partial charge in [-0.25, -0.2) is 4.39 Å². The average Bonchev–Trinajstić information content (AvgIpc) is 2.35. The molecule has 0 bridgehead atoms. The maximum atomic E-state index is 13.0. The van der Waals surface area contributed by atoms with Crippen LogP contribution in [0.5, 0.6) is 0 Å². The Balaban J connectivity index is 1.90. The fraction of sp³-hybridized carbons (Fsp3) is 0.600. The lowest BCUT2D eigenvalue weighted by Gasteiger charge is -2.52. The van der Waals surface area contributed by atoms with Crippen LogP contribution >= 0.6 is 11.6 Å². The largest absolute Gasteiger partial charge is 0.378 e. The van der Waals surface area contributed by atoms with Crippen molar-refractivity contribution in [2.45, 2.75) is 45.9 Å². The van der Waals surface area contributed by atoms with Crippen LogP contribution in [0.4, 0.5) is 4.39 Å². The van der Waals surface area contributed by atoms with E-state index in [1.165, 1.54) is 12.1 Å². The minimum absolute atomic E-state index is 0.127. The summed E-state index contributed by atoms with van der Waals surface area (Å²) in [4.78, 5) is 0. The van der Waals surface area contributed by atoms with Gasteiger partial charge in [-0.2, -0.15) is 0 Å². The molecule has 0 radical (unpaired) electrons. The van der Waals surface area contributed by atoms with Crippen LogP contribution in [0.2, 0.25) is 5.02 Å². The average molecular weight is 286 g/mol. The lowest BCUT2D eigenvalue weighted by atomic mass is 9.64. The molecule has 2 unspecified atom stereocenters. The second kappa shape index (κ2) is 5.78. The summed E-state index contributed by atoms with van der Waals surface area (Å²) in [6, 6.07) is 4.94. The fourth-order valence-corrected chi connectivity index (χ4v) is 2.85. The summed E-state index contributed by atoms with van der Waals surface area (Å²) >= 11 is 6.02. The Labute approximate surface area is 119 Å². The first-order valence-corrected chi connectivity index (χ1v) is 7.12. The van der Waals surface area contributed by atoms with Crippen molar-refractivity contribution in [3.63, 3.8) is 0 Å². The second-order valence-electron chi connectivity index (χ2n) is 5.67. The highest BCUT2D eigenvalue weighted by Crippen LogP contribution is 2.42. The lowest BCUT2D eigenvalue weighted by Crippen LogP contribution is -2.60. The number of ether oxygens (including phenoxy) is 1. The smallest absolute Gasteiger partial charge is 0.124 e. The van der Waals surface area contributed by atoms with Gasteiger partial charge in [0.1, 0.15) is 5.82 Å². The predicted molar refractivity (Wildman–Crippen MR) is 75.8 cm³/mol. The zero-order chi connectivity index (χ0) is 14.0. The number of nitrogens with one attached hydrogen (secondary N) is 1. The lowest BCUT2D eigenvalue weighted by molar-refractivity contribution is -0.114. The summed E-state index contributed by atoms with van der Waals surface area (Å²) in [7, 11) is 0. The molecule has 1 fully saturated rings. The summed E-state index contributed by atoms with van der Waals surface area (Å²) in [5.74, 6) is -0.297. The fourth-order valence-electron chi connectivity index (χ4n) is 2.61. The molecule has 0 amide bonds. The second-order valence-corrected chi connectivity index (χ2v) is 6.08. The Bertz CT molecular complexity index is 450. The van der Waals surface area contributed by atoms with Gasteiger partial charge >= 0.3 is 0 Å². The van der Waals surface area contributed by atoms with Crippen molar-refractivity contribution in [2.24, 2.45) is 5.41 Å². The first-order valence-electron chi connectivity index (χ1n) is 6.74. The Hall–Kier alpha value is -0.640. The minimum atomic E-state index is -0.297. The molecule has 0 heterocycles. The van der Waals surface area contributed by atoms with Gasteiger partial charge in [-0.05, 0) is 31.0 Å². The van der Waals surface area contributed by atoms with Crippen LogP contribution < -0.4 is 5.32 Å². The van der Waals surface area contributed by atoms with Crippen molar-refractivity contribution < 1.29 is 9.13 Å². The molecular formula is C15H21ClFNO. The van der Waals surface area contributed by atoms with Crippen molar-refractivity contribution in [3.8, 4) is 0 Å². The van der Waals surface area contributed by atoms with Gasteiger partial charge in [0.05, 0.1) is 6.10 Å². The summed E-state index contributed by atoms with van der Waals surface area (Å²) in [5.41, 5.74) is 1.06. The molecule has 0 spiro atoms. The standard InChI is InChI=1S/C15H21ClFNO/c1-4-19-14-8-13(15(14,2)3)18-9-10-5-6-11(17)7-12(10)16/h5-7,13-14,18H,4,8-9H2,1-3H3. The predicted octanol–water partition coefficient (Wildman–Crippen LogP) is 3.77. The maximum absolute atomic E-state index is 13.0. The Morgan fingerprint density at radius 2 is 2.21 bits per heavy atom. The van der Waals surface area contributed by atoms with Crippen LogP contribution in [0.1, 0.15) is 32.8 Å². The quantitative estimate of drug-likeness (QED) is 0.889. The Morgan fingerprint density at radius 3 is 2.79 bits per heavy atom. The van der Waals surface area contributed by atoms with E-state index in [9.17, 15) is 4.39 Å². The number of hydrogen-bond donors (Lipinski definition) is 1. The van der Waals surface area contributed by atoms with Crippen LogP contribution in [0.25, 0.3) is 0 Å². The molecule has 1 saturated carbocycles. The normalized spacial score (nSPS) is 25.1. The highest BCUT2D eigenvalue weighted by Gasteiger charge is 2.48. The van der Waals surface area contributed by atoms with Crippen molar-refractivity contribution >= 4 is 11.6 Å². The van der Waals surface area contributed by atoms with E-state index in [4.69, 9.17) is 16.3 Å². The first kappa shape index (κ1) is 14.8. The Morgan fingerprint density at radius 1 is 1.47 bits per heavy atom. The molecule has 1 N–H and O–H groups in total. The zero-order valence-electron chi connectivity index (χ0n) is 11.7. The van der Waals surface area contributed by atoms with Crippen LogP contribution in [0, 0.1) is 11.2 Å². The zero-order valence-corrected chi connectivity index (χ0v) is 12.4. The van der Waals surface area contributed by atoms with Gasteiger partial charge in [0.15, 0.2) is 0 Å². The third-order valence-corrected chi connectivity index (χ3v) is 4.45. The SMILES string of the molecule is CCOC1CC(NCc2ccc(F)cc2Cl)C1(C)C. The number of benzene rings is 1. The number of hydrogen-bond acceptors (Lipinski definition) is 2. The summed E-state index contributed by atoms with van der Waals surface area (Å²) < 4.78 is 18.7. The summed E-state index contributed by atoms with van der Waals surface area (Å²) in [6.45, 7) is 7.85. The molecule has 2 rings (SSSR count). The Kier molecular flexibility index (Phi) is 4.49. The monoisotopic (exact) mass is 285 g/mol. The van der Waals surface area contributed by atoms with Crippen molar-refractivity contribution in [1.29, 1.82) is 0 Å².